The maximum Gasteiger partial charge on any atom is 0.147 e. The van der Waals surface area contributed by atoms with Crippen LogP contribution in [-0.4, -0.2) is 18.5 Å². The van der Waals surface area contributed by atoms with E-state index in [0.29, 0.717) is 6.42 Å². The molecule has 1 fully saturated rings. The van der Waals surface area contributed by atoms with Gasteiger partial charge < -0.3 is 4.74 Å². The molecular weight excluding hydrogens is 140 g/mol. The van der Waals surface area contributed by atoms with E-state index in [1.54, 1.807) is 0 Å². The van der Waals surface area contributed by atoms with Crippen LogP contribution in [0.25, 0.3) is 0 Å². The number of ether oxygens (including phenoxy) is 1. The molecule has 1 aliphatic rings. The average Bonchev–Trinajstić information content (AvgIpc) is 2.40. The Bertz CT molecular complexity index is 172. The van der Waals surface area contributed by atoms with Gasteiger partial charge in [0.05, 0.1) is 12.5 Å². The SMILES string of the molecule is C#CCC(=O)CC1CCCO1. The first kappa shape index (κ1) is 8.29. The fourth-order valence-corrected chi connectivity index (χ4v) is 1.25. The molecule has 0 aromatic rings. The van der Waals surface area contributed by atoms with E-state index in [0.717, 1.165) is 19.4 Å². The summed E-state index contributed by atoms with van der Waals surface area (Å²) >= 11 is 0. The lowest BCUT2D eigenvalue weighted by molar-refractivity contribution is -0.120. The molecule has 1 atom stereocenters. The molecular formula is C9H12O2. The van der Waals surface area contributed by atoms with Crippen LogP contribution in [0.4, 0.5) is 0 Å². The molecule has 0 saturated carbocycles. The van der Waals surface area contributed by atoms with Gasteiger partial charge in [0.1, 0.15) is 5.78 Å². The molecule has 0 N–H and O–H groups in total. The quantitative estimate of drug-likeness (QED) is 0.567. The molecule has 2 nitrogen and oxygen atoms in total. The molecule has 1 saturated heterocycles. The molecule has 1 rings (SSSR count). The molecule has 0 aliphatic carbocycles. The summed E-state index contributed by atoms with van der Waals surface area (Å²) in [5.74, 6) is 2.46. The molecule has 60 valence electrons. The van der Waals surface area contributed by atoms with Gasteiger partial charge in [-0.05, 0) is 12.8 Å². The van der Waals surface area contributed by atoms with E-state index in [1.165, 1.54) is 0 Å². The van der Waals surface area contributed by atoms with Crippen molar-refractivity contribution in [2.75, 3.05) is 6.61 Å². The van der Waals surface area contributed by atoms with Crippen LogP contribution in [0.1, 0.15) is 25.7 Å². The highest BCUT2D eigenvalue weighted by atomic mass is 16.5. The Labute approximate surface area is 66.9 Å². The summed E-state index contributed by atoms with van der Waals surface area (Å²) in [5, 5.41) is 0. The molecule has 0 radical (unpaired) electrons. The van der Waals surface area contributed by atoms with E-state index >= 15 is 0 Å². The van der Waals surface area contributed by atoms with E-state index < -0.39 is 0 Å². The van der Waals surface area contributed by atoms with Crippen LogP contribution >= 0.6 is 0 Å². The van der Waals surface area contributed by atoms with Gasteiger partial charge in [-0.15, -0.1) is 6.42 Å². The van der Waals surface area contributed by atoms with E-state index in [4.69, 9.17) is 11.2 Å². The third-order valence-electron chi connectivity index (χ3n) is 1.78. The number of hydrogen-bond acceptors (Lipinski definition) is 2. The zero-order chi connectivity index (χ0) is 8.10. The highest BCUT2D eigenvalue weighted by Crippen LogP contribution is 2.15. The van der Waals surface area contributed by atoms with Gasteiger partial charge >= 0.3 is 0 Å². The van der Waals surface area contributed by atoms with Crippen LogP contribution in [0, 0.1) is 12.3 Å². The van der Waals surface area contributed by atoms with Gasteiger partial charge in [0, 0.05) is 13.0 Å². The van der Waals surface area contributed by atoms with Crippen molar-refractivity contribution in [1.82, 2.24) is 0 Å². The van der Waals surface area contributed by atoms with Gasteiger partial charge in [-0.3, -0.25) is 4.79 Å². The first-order valence-electron chi connectivity index (χ1n) is 3.89. The lowest BCUT2D eigenvalue weighted by atomic mass is 10.1. The number of hydrogen-bond donors (Lipinski definition) is 0. The third-order valence-corrected chi connectivity index (χ3v) is 1.78. The molecule has 1 heterocycles. The second kappa shape index (κ2) is 4.15. The monoisotopic (exact) mass is 152 g/mol. The van der Waals surface area contributed by atoms with E-state index in [1.807, 2.05) is 0 Å². The van der Waals surface area contributed by atoms with E-state index in [2.05, 4.69) is 5.92 Å². The van der Waals surface area contributed by atoms with Crippen LogP contribution in [0.5, 0.6) is 0 Å². The van der Waals surface area contributed by atoms with Gasteiger partial charge in [0.2, 0.25) is 0 Å². The predicted octanol–water partition coefficient (Wildman–Crippen LogP) is 1.15. The highest BCUT2D eigenvalue weighted by Gasteiger charge is 2.17. The van der Waals surface area contributed by atoms with Crippen molar-refractivity contribution in [3.05, 3.63) is 0 Å². The summed E-state index contributed by atoms with van der Waals surface area (Å²) in [5.41, 5.74) is 0. The van der Waals surface area contributed by atoms with Gasteiger partial charge in [0.15, 0.2) is 0 Å². The predicted molar refractivity (Wildman–Crippen MR) is 42.0 cm³/mol. The van der Waals surface area contributed by atoms with Crippen molar-refractivity contribution in [1.29, 1.82) is 0 Å². The minimum atomic E-state index is 0.124. The van der Waals surface area contributed by atoms with Crippen molar-refractivity contribution in [2.45, 2.75) is 31.8 Å². The molecule has 0 aromatic carbocycles. The number of carbonyl (C=O) groups excluding carboxylic acids is 1. The minimum Gasteiger partial charge on any atom is -0.378 e. The summed E-state index contributed by atoms with van der Waals surface area (Å²) in [7, 11) is 0. The number of terminal acetylenes is 1. The Morgan fingerprint density at radius 2 is 2.55 bits per heavy atom. The fraction of sp³-hybridized carbons (Fsp3) is 0.667. The zero-order valence-electron chi connectivity index (χ0n) is 6.51. The second-order valence-corrected chi connectivity index (χ2v) is 2.76. The molecule has 0 aromatic heterocycles. The highest BCUT2D eigenvalue weighted by molar-refractivity contribution is 5.81. The first-order valence-corrected chi connectivity index (χ1v) is 3.89. The smallest absolute Gasteiger partial charge is 0.147 e. The second-order valence-electron chi connectivity index (χ2n) is 2.76. The number of ketones is 1. The van der Waals surface area contributed by atoms with Crippen LogP contribution in [0.3, 0.4) is 0 Å². The zero-order valence-corrected chi connectivity index (χ0v) is 6.51. The lowest BCUT2D eigenvalue weighted by Gasteiger charge is -2.05. The number of rotatable bonds is 3. The Kier molecular flexibility index (Phi) is 3.13. The maximum absolute atomic E-state index is 11.0. The minimum absolute atomic E-state index is 0.124. The molecule has 2 heteroatoms. The first-order chi connectivity index (χ1) is 5.33. The van der Waals surface area contributed by atoms with Crippen molar-refractivity contribution >= 4 is 5.78 Å². The fourth-order valence-electron chi connectivity index (χ4n) is 1.25. The summed E-state index contributed by atoms with van der Waals surface area (Å²) in [6.07, 6.45) is 7.98. The van der Waals surface area contributed by atoms with E-state index in [-0.39, 0.29) is 18.3 Å². The number of carbonyl (C=O) groups is 1. The van der Waals surface area contributed by atoms with Crippen LogP contribution in [0.2, 0.25) is 0 Å². The Balaban J connectivity index is 2.19. The summed E-state index contributed by atoms with van der Waals surface area (Å²) < 4.78 is 5.28. The topological polar surface area (TPSA) is 26.3 Å². The molecule has 0 spiro atoms. The lowest BCUT2D eigenvalue weighted by Crippen LogP contribution is -2.11. The Morgan fingerprint density at radius 3 is 3.09 bits per heavy atom. The third kappa shape index (κ3) is 2.73. The maximum atomic E-state index is 11.0. The standard InChI is InChI=1S/C9H12O2/c1-2-4-8(10)7-9-5-3-6-11-9/h1,9H,3-7H2. The van der Waals surface area contributed by atoms with Crippen molar-refractivity contribution < 1.29 is 9.53 Å². The van der Waals surface area contributed by atoms with Gasteiger partial charge in [-0.2, -0.15) is 0 Å². The van der Waals surface area contributed by atoms with Gasteiger partial charge in [-0.25, -0.2) is 0 Å². The van der Waals surface area contributed by atoms with Crippen molar-refractivity contribution in [2.24, 2.45) is 0 Å². The molecule has 1 unspecified atom stereocenters. The van der Waals surface area contributed by atoms with Crippen LogP contribution < -0.4 is 0 Å². The molecule has 1 aliphatic heterocycles. The normalized spacial score (nSPS) is 23.0. The average molecular weight is 152 g/mol. The Hall–Kier alpha value is -0.810. The van der Waals surface area contributed by atoms with Crippen LogP contribution in [-0.2, 0) is 9.53 Å². The summed E-state index contributed by atoms with van der Waals surface area (Å²) in [6.45, 7) is 0.800. The van der Waals surface area contributed by atoms with E-state index in [9.17, 15) is 4.79 Å². The number of Topliss-reactive ketones (excluding diaryl/α,β-unsaturated/α-hetero) is 1. The molecule has 11 heavy (non-hydrogen) atoms. The van der Waals surface area contributed by atoms with Crippen LogP contribution in [0.15, 0.2) is 0 Å². The van der Waals surface area contributed by atoms with Crippen molar-refractivity contribution in [3.63, 3.8) is 0 Å². The van der Waals surface area contributed by atoms with Crippen molar-refractivity contribution in [3.8, 4) is 12.3 Å². The Morgan fingerprint density at radius 1 is 1.73 bits per heavy atom. The van der Waals surface area contributed by atoms with Gasteiger partial charge in [-0.1, -0.05) is 5.92 Å². The summed E-state index contributed by atoms with van der Waals surface area (Å²) in [4.78, 5) is 11.0. The van der Waals surface area contributed by atoms with Gasteiger partial charge in [0.25, 0.3) is 0 Å². The molecule has 0 bridgehead atoms. The largest absolute Gasteiger partial charge is 0.378 e. The molecule has 0 amide bonds. The summed E-state index contributed by atoms with van der Waals surface area (Å²) in [6, 6.07) is 0.